The summed E-state index contributed by atoms with van der Waals surface area (Å²) in [4.78, 5) is 14.1. The van der Waals surface area contributed by atoms with Crippen molar-refractivity contribution in [1.29, 1.82) is 0 Å². The standard InChI is InChI=1S/C13H13N3O2S/c1-8-2-4-10(5-3-8)16-7-9(6-11(16)17)12-14-15-13(19)18-12/h2-5,9H,6-7H2,1H3,(H,15,19)/t9-/m1/s1. The van der Waals surface area contributed by atoms with E-state index in [4.69, 9.17) is 16.6 Å². The van der Waals surface area contributed by atoms with Crippen LogP contribution in [0.2, 0.25) is 0 Å². The van der Waals surface area contributed by atoms with Crippen molar-refractivity contribution in [2.45, 2.75) is 19.3 Å². The van der Waals surface area contributed by atoms with Crippen molar-refractivity contribution in [2.75, 3.05) is 11.4 Å². The Morgan fingerprint density at radius 1 is 1.42 bits per heavy atom. The van der Waals surface area contributed by atoms with Gasteiger partial charge in [0.1, 0.15) is 0 Å². The second kappa shape index (κ2) is 4.62. The van der Waals surface area contributed by atoms with Crippen molar-refractivity contribution in [3.63, 3.8) is 0 Å². The van der Waals surface area contributed by atoms with E-state index >= 15 is 0 Å². The summed E-state index contributed by atoms with van der Waals surface area (Å²) in [6, 6.07) is 7.90. The topological polar surface area (TPSA) is 62.1 Å². The van der Waals surface area contributed by atoms with E-state index in [0.717, 1.165) is 5.69 Å². The van der Waals surface area contributed by atoms with Gasteiger partial charge in [0, 0.05) is 18.7 Å². The van der Waals surface area contributed by atoms with E-state index in [9.17, 15) is 4.79 Å². The van der Waals surface area contributed by atoms with Crippen LogP contribution in [0.3, 0.4) is 0 Å². The van der Waals surface area contributed by atoms with Gasteiger partial charge in [0.15, 0.2) is 0 Å². The lowest BCUT2D eigenvalue weighted by Gasteiger charge is -2.16. The minimum absolute atomic E-state index is 0.0400. The molecule has 2 aromatic rings. The third kappa shape index (κ3) is 2.31. The minimum Gasteiger partial charge on any atom is -0.414 e. The number of H-pyrrole nitrogens is 1. The van der Waals surface area contributed by atoms with Crippen LogP contribution in [0.4, 0.5) is 5.69 Å². The summed E-state index contributed by atoms with van der Waals surface area (Å²) >= 11 is 4.85. The Morgan fingerprint density at radius 2 is 2.16 bits per heavy atom. The van der Waals surface area contributed by atoms with Crippen LogP contribution >= 0.6 is 12.2 Å². The summed E-state index contributed by atoms with van der Waals surface area (Å²) in [6.07, 6.45) is 0.400. The molecule has 98 valence electrons. The quantitative estimate of drug-likeness (QED) is 0.856. The molecule has 0 spiro atoms. The first-order valence-corrected chi connectivity index (χ1v) is 6.47. The van der Waals surface area contributed by atoms with E-state index in [-0.39, 0.29) is 16.7 Å². The Morgan fingerprint density at radius 3 is 2.79 bits per heavy atom. The number of carbonyl (C=O) groups is 1. The molecule has 0 saturated carbocycles. The molecule has 6 heteroatoms. The number of aromatic nitrogens is 2. The highest BCUT2D eigenvalue weighted by Gasteiger charge is 2.34. The van der Waals surface area contributed by atoms with E-state index in [1.165, 1.54) is 5.56 Å². The molecule has 1 fully saturated rings. The van der Waals surface area contributed by atoms with Crippen LogP contribution in [0.5, 0.6) is 0 Å². The van der Waals surface area contributed by atoms with Gasteiger partial charge in [0.05, 0.1) is 5.92 Å². The van der Waals surface area contributed by atoms with Gasteiger partial charge in [-0.1, -0.05) is 17.7 Å². The van der Waals surface area contributed by atoms with Crippen LogP contribution in [-0.2, 0) is 4.79 Å². The maximum atomic E-state index is 12.1. The molecule has 0 radical (unpaired) electrons. The van der Waals surface area contributed by atoms with Gasteiger partial charge in [-0.15, -0.1) is 5.10 Å². The molecule has 0 bridgehead atoms. The SMILES string of the molecule is Cc1ccc(N2C[C@H](c3n[nH]c(=S)o3)CC2=O)cc1. The minimum atomic E-state index is -0.0400. The number of amides is 1. The van der Waals surface area contributed by atoms with Gasteiger partial charge in [-0.2, -0.15) is 0 Å². The number of anilines is 1. The van der Waals surface area contributed by atoms with Crippen LogP contribution in [-0.4, -0.2) is 22.6 Å². The fraction of sp³-hybridized carbons (Fsp3) is 0.308. The van der Waals surface area contributed by atoms with Gasteiger partial charge >= 0.3 is 0 Å². The molecule has 1 atom stereocenters. The highest BCUT2D eigenvalue weighted by molar-refractivity contribution is 7.71. The lowest BCUT2D eigenvalue weighted by atomic mass is 10.1. The average Bonchev–Trinajstić information content (AvgIpc) is 2.97. The van der Waals surface area contributed by atoms with Crippen LogP contribution in [0.15, 0.2) is 28.7 Å². The second-order valence-corrected chi connectivity index (χ2v) is 5.06. The number of carbonyl (C=O) groups excluding carboxylic acids is 1. The summed E-state index contributed by atoms with van der Waals surface area (Å²) < 4.78 is 5.29. The molecule has 1 aromatic carbocycles. The average molecular weight is 275 g/mol. The summed E-state index contributed by atoms with van der Waals surface area (Å²) in [6.45, 7) is 2.59. The Hall–Kier alpha value is -1.95. The Labute approximate surface area is 115 Å². The number of nitrogens with zero attached hydrogens (tertiary/aromatic N) is 2. The van der Waals surface area contributed by atoms with E-state index in [0.29, 0.717) is 18.9 Å². The molecule has 1 saturated heterocycles. The van der Waals surface area contributed by atoms with Crippen LogP contribution in [0, 0.1) is 11.8 Å². The summed E-state index contributed by atoms with van der Waals surface area (Å²) in [5, 5.41) is 6.59. The third-order valence-electron chi connectivity index (χ3n) is 3.27. The van der Waals surface area contributed by atoms with E-state index < -0.39 is 0 Å². The zero-order valence-corrected chi connectivity index (χ0v) is 11.2. The molecule has 0 unspecified atom stereocenters. The zero-order valence-electron chi connectivity index (χ0n) is 10.4. The first kappa shape index (κ1) is 12.1. The van der Waals surface area contributed by atoms with Crippen LogP contribution in [0.1, 0.15) is 23.8 Å². The van der Waals surface area contributed by atoms with Crippen molar-refractivity contribution in [2.24, 2.45) is 0 Å². The largest absolute Gasteiger partial charge is 0.414 e. The molecular formula is C13H13N3O2S. The number of hydrogen-bond acceptors (Lipinski definition) is 4. The first-order valence-electron chi connectivity index (χ1n) is 6.06. The molecule has 0 aliphatic carbocycles. The van der Waals surface area contributed by atoms with Crippen molar-refractivity contribution in [3.8, 4) is 0 Å². The second-order valence-electron chi connectivity index (χ2n) is 4.69. The molecule has 2 heterocycles. The van der Waals surface area contributed by atoms with Gasteiger partial charge in [0.2, 0.25) is 11.8 Å². The van der Waals surface area contributed by atoms with Crippen molar-refractivity contribution in [3.05, 3.63) is 40.6 Å². The van der Waals surface area contributed by atoms with Crippen molar-refractivity contribution >= 4 is 23.8 Å². The van der Waals surface area contributed by atoms with E-state index in [1.807, 2.05) is 31.2 Å². The molecule has 19 heavy (non-hydrogen) atoms. The summed E-state index contributed by atoms with van der Waals surface area (Å²) in [5.74, 6) is 0.549. The predicted molar refractivity (Wildman–Crippen MR) is 72.6 cm³/mol. The Bertz CT molecular complexity index is 659. The van der Waals surface area contributed by atoms with Gasteiger partial charge < -0.3 is 9.32 Å². The summed E-state index contributed by atoms with van der Waals surface area (Å²) in [5.41, 5.74) is 2.08. The highest BCUT2D eigenvalue weighted by Crippen LogP contribution is 2.30. The monoisotopic (exact) mass is 275 g/mol. The lowest BCUT2D eigenvalue weighted by molar-refractivity contribution is -0.117. The predicted octanol–water partition coefficient (Wildman–Crippen LogP) is 2.56. The van der Waals surface area contributed by atoms with Gasteiger partial charge in [-0.25, -0.2) is 5.10 Å². The van der Waals surface area contributed by atoms with Crippen molar-refractivity contribution < 1.29 is 9.21 Å². The molecule has 1 aromatic heterocycles. The number of nitrogens with one attached hydrogen (secondary N) is 1. The van der Waals surface area contributed by atoms with Gasteiger partial charge in [0.25, 0.3) is 4.84 Å². The Balaban J connectivity index is 1.84. The fourth-order valence-corrected chi connectivity index (χ4v) is 2.39. The molecular weight excluding hydrogens is 262 g/mol. The number of aromatic amines is 1. The maximum Gasteiger partial charge on any atom is 0.284 e. The number of aryl methyl sites for hydroxylation is 1. The first-order chi connectivity index (χ1) is 9.13. The van der Waals surface area contributed by atoms with Crippen molar-refractivity contribution in [1.82, 2.24) is 10.2 Å². The molecule has 1 aliphatic rings. The summed E-state index contributed by atoms with van der Waals surface area (Å²) in [7, 11) is 0. The molecule has 1 N–H and O–H groups in total. The van der Waals surface area contributed by atoms with Crippen LogP contribution < -0.4 is 4.90 Å². The smallest absolute Gasteiger partial charge is 0.284 e. The fourth-order valence-electron chi connectivity index (χ4n) is 2.26. The molecule has 1 aliphatic heterocycles. The van der Waals surface area contributed by atoms with Gasteiger partial charge in [-0.05, 0) is 31.3 Å². The molecule has 3 rings (SSSR count). The number of rotatable bonds is 2. The van der Waals surface area contributed by atoms with E-state index in [1.54, 1.807) is 4.90 Å². The number of benzene rings is 1. The third-order valence-corrected chi connectivity index (χ3v) is 3.45. The molecule has 1 amide bonds. The van der Waals surface area contributed by atoms with E-state index in [2.05, 4.69) is 10.2 Å². The normalized spacial score (nSPS) is 19.1. The van der Waals surface area contributed by atoms with Gasteiger partial charge in [-0.3, -0.25) is 4.79 Å². The van der Waals surface area contributed by atoms with Crippen LogP contribution in [0.25, 0.3) is 0 Å². The highest BCUT2D eigenvalue weighted by atomic mass is 32.1. The molecule has 5 nitrogen and oxygen atoms in total. The lowest BCUT2D eigenvalue weighted by Crippen LogP contribution is -2.24. The maximum absolute atomic E-state index is 12.1. The Kier molecular flexibility index (Phi) is 2.94. The zero-order chi connectivity index (χ0) is 13.4. The number of hydrogen-bond donors (Lipinski definition) is 1.